The summed E-state index contributed by atoms with van der Waals surface area (Å²) in [6.07, 6.45) is 4.89. The summed E-state index contributed by atoms with van der Waals surface area (Å²) in [6, 6.07) is 6.99. The second kappa shape index (κ2) is 5.85. The van der Waals surface area contributed by atoms with Crippen LogP contribution in [0.4, 0.5) is 0 Å². The maximum Gasteiger partial charge on any atom is 0.0919 e. The van der Waals surface area contributed by atoms with Crippen molar-refractivity contribution in [1.29, 1.82) is 0 Å². The Bertz CT molecular complexity index is 396. The molecule has 100 valence electrons. The van der Waals surface area contributed by atoms with E-state index in [0.717, 1.165) is 12.1 Å². The molecule has 0 radical (unpaired) electrons. The van der Waals surface area contributed by atoms with Gasteiger partial charge in [-0.05, 0) is 44.9 Å². The van der Waals surface area contributed by atoms with E-state index in [1.54, 1.807) is 0 Å². The molecule has 0 saturated heterocycles. The second-order valence-corrected chi connectivity index (χ2v) is 5.75. The van der Waals surface area contributed by atoms with Gasteiger partial charge in [0.1, 0.15) is 0 Å². The van der Waals surface area contributed by atoms with Gasteiger partial charge in [0.25, 0.3) is 0 Å². The topological polar surface area (TPSA) is 23.5 Å². The van der Waals surface area contributed by atoms with Crippen LogP contribution in [0.2, 0.25) is 0 Å². The number of nitrogens with zero attached hydrogens (tertiary/aromatic N) is 1. The lowest BCUT2D eigenvalue weighted by Gasteiger charge is -2.27. The van der Waals surface area contributed by atoms with E-state index in [9.17, 15) is 5.11 Å². The zero-order chi connectivity index (χ0) is 13.1. The first-order valence-electron chi connectivity index (χ1n) is 7.03. The highest BCUT2D eigenvalue weighted by molar-refractivity contribution is 5.32. The minimum atomic E-state index is -0.365. The van der Waals surface area contributed by atoms with Gasteiger partial charge in [0.05, 0.1) is 6.10 Å². The van der Waals surface area contributed by atoms with Crippen LogP contribution in [0.3, 0.4) is 0 Å². The van der Waals surface area contributed by atoms with E-state index < -0.39 is 0 Å². The number of hydrogen-bond donors (Lipinski definition) is 1. The number of benzene rings is 1. The van der Waals surface area contributed by atoms with Gasteiger partial charge in [-0.1, -0.05) is 36.6 Å². The van der Waals surface area contributed by atoms with Gasteiger partial charge in [-0.3, -0.25) is 0 Å². The van der Waals surface area contributed by atoms with Crippen LogP contribution < -0.4 is 0 Å². The molecule has 2 heteroatoms. The van der Waals surface area contributed by atoms with Crippen LogP contribution in [0.15, 0.2) is 18.2 Å². The average molecular weight is 247 g/mol. The molecule has 1 aromatic carbocycles. The highest BCUT2D eigenvalue weighted by Crippen LogP contribution is 2.25. The molecule has 1 atom stereocenters. The van der Waals surface area contributed by atoms with Gasteiger partial charge in [0, 0.05) is 12.6 Å². The maximum absolute atomic E-state index is 10.4. The highest BCUT2D eigenvalue weighted by atomic mass is 16.3. The van der Waals surface area contributed by atoms with Crippen LogP contribution in [0.1, 0.15) is 48.5 Å². The van der Waals surface area contributed by atoms with Crippen LogP contribution >= 0.6 is 0 Å². The first-order valence-corrected chi connectivity index (χ1v) is 7.03. The fourth-order valence-electron chi connectivity index (χ4n) is 2.98. The Morgan fingerprint density at radius 2 is 1.94 bits per heavy atom. The van der Waals surface area contributed by atoms with E-state index in [2.05, 4.69) is 44.0 Å². The van der Waals surface area contributed by atoms with E-state index in [1.807, 2.05) is 0 Å². The smallest absolute Gasteiger partial charge is 0.0919 e. The molecular formula is C16H25NO. The predicted octanol–water partition coefficient (Wildman–Crippen LogP) is 3.21. The Kier molecular flexibility index (Phi) is 4.41. The Morgan fingerprint density at radius 3 is 2.61 bits per heavy atom. The number of hydrogen-bond acceptors (Lipinski definition) is 2. The molecule has 0 amide bonds. The summed E-state index contributed by atoms with van der Waals surface area (Å²) in [5.74, 6) is 0. The molecule has 1 aromatic rings. The Labute approximate surface area is 111 Å². The Hall–Kier alpha value is -0.860. The molecule has 1 unspecified atom stereocenters. The van der Waals surface area contributed by atoms with Gasteiger partial charge in [-0.25, -0.2) is 0 Å². The minimum Gasteiger partial charge on any atom is -0.387 e. The second-order valence-electron chi connectivity index (χ2n) is 5.75. The molecule has 1 N–H and O–H groups in total. The van der Waals surface area contributed by atoms with Gasteiger partial charge in [0.2, 0.25) is 0 Å². The number of aryl methyl sites for hydroxylation is 2. The number of rotatable bonds is 4. The van der Waals surface area contributed by atoms with Crippen LogP contribution in [-0.4, -0.2) is 29.6 Å². The number of aliphatic hydroxyl groups is 1. The van der Waals surface area contributed by atoms with Crippen molar-refractivity contribution >= 4 is 0 Å². The standard InChI is InChI=1S/C16H25NO/c1-12-8-9-13(2)15(10-12)16(18)11-17(3)14-6-4-5-7-14/h8-10,14,16,18H,4-7,11H2,1-3H3. The monoisotopic (exact) mass is 247 g/mol. The lowest BCUT2D eigenvalue weighted by molar-refractivity contribution is 0.105. The number of likely N-dealkylation sites (N-methyl/N-ethyl adjacent to an activating group) is 1. The lowest BCUT2D eigenvalue weighted by atomic mass is 10.00. The van der Waals surface area contributed by atoms with Gasteiger partial charge in [0.15, 0.2) is 0 Å². The summed E-state index contributed by atoms with van der Waals surface area (Å²) in [5, 5.41) is 10.4. The molecule has 2 rings (SSSR count). The van der Waals surface area contributed by atoms with E-state index >= 15 is 0 Å². The largest absolute Gasteiger partial charge is 0.387 e. The third-order valence-corrected chi connectivity index (χ3v) is 4.20. The van der Waals surface area contributed by atoms with Crippen molar-refractivity contribution < 1.29 is 5.11 Å². The van der Waals surface area contributed by atoms with E-state index in [1.165, 1.54) is 36.8 Å². The van der Waals surface area contributed by atoms with Crippen molar-refractivity contribution in [3.63, 3.8) is 0 Å². The zero-order valence-electron chi connectivity index (χ0n) is 11.8. The van der Waals surface area contributed by atoms with Crippen molar-refractivity contribution in [1.82, 2.24) is 4.90 Å². The summed E-state index contributed by atoms with van der Waals surface area (Å²) in [5.41, 5.74) is 3.49. The zero-order valence-corrected chi connectivity index (χ0v) is 11.8. The first kappa shape index (κ1) is 13.6. The summed E-state index contributed by atoms with van der Waals surface area (Å²) < 4.78 is 0. The fourth-order valence-corrected chi connectivity index (χ4v) is 2.98. The van der Waals surface area contributed by atoms with Crippen molar-refractivity contribution in [3.05, 3.63) is 34.9 Å². The first-order chi connectivity index (χ1) is 8.58. The fraction of sp³-hybridized carbons (Fsp3) is 0.625. The Balaban J connectivity index is 2.02. The van der Waals surface area contributed by atoms with Crippen LogP contribution in [0, 0.1) is 13.8 Å². The number of aliphatic hydroxyl groups excluding tert-OH is 1. The van der Waals surface area contributed by atoms with Gasteiger partial charge >= 0.3 is 0 Å². The normalized spacial score (nSPS) is 18.5. The van der Waals surface area contributed by atoms with Crippen molar-refractivity contribution in [2.75, 3.05) is 13.6 Å². The Morgan fingerprint density at radius 1 is 1.28 bits per heavy atom. The molecule has 0 bridgehead atoms. The minimum absolute atomic E-state index is 0.365. The predicted molar refractivity (Wildman–Crippen MR) is 75.8 cm³/mol. The van der Waals surface area contributed by atoms with Crippen molar-refractivity contribution in [2.45, 2.75) is 51.7 Å². The molecule has 18 heavy (non-hydrogen) atoms. The van der Waals surface area contributed by atoms with Crippen LogP contribution in [0.5, 0.6) is 0 Å². The van der Waals surface area contributed by atoms with E-state index in [4.69, 9.17) is 0 Å². The molecule has 0 heterocycles. The summed E-state index contributed by atoms with van der Waals surface area (Å²) in [6.45, 7) is 4.90. The van der Waals surface area contributed by atoms with Gasteiger partial charge < -0.3 is 10.0 Å². The summed E-state index contributed by atoms with van der Waals surface area (Å²) >= 11 is 0. The third-order valence-electron chi connectivity index (χ3n) is 4.20. The van der Waals surface area contributed by atoms with E-state index in [0.29, 0.717) is 6.04 Å². The molecular weight excluding hydrogens is 222 g/mol. The molecule has 2 nitrogen and oxygen atoms in total. The highest BCUT2D eigenvalue weighted by Gasteiger charge is 2.22. The van der Waals surface area contributed by atoms with Crippen molar-refractivity contribution in [3.8, 4) is 0 Å². The summed E-state index contributed by atoms with van der Waals surface area (Å²) in [4.78, 5) is 2.33. The van der Waals surface area contributed by atoms with Gasteiger partial charge in [-0.2, -0.15) is 0 Å². The molecule has 1 aliphatic rings. The molecule has 0 aromatic heterocycles. The third kappa shape index (κ3) is 3.12. The van der Waals surface area contributed by atoms with Crippen molar-refractivity contribution in [2.24, 2.45) is 0 Å². The average Bonchev–Trinajstić information content (AvgIpc) is 2.85. The molecule has 1 fully saturated rings. The lowest BCUT2D eigenvalue weighted by Crippen LogP contribution is -2.33. The molecule has 1 aliphatic carbocycles. The van der Waals surface area contributed by atoms with Crippen LogP contribution in [0.25, 0.3) is 0 Å². The van der Waals surface area contributed by atoms with Crippen LogP contribution in [-0.2, 0) is 0 Å². The molecule has 1 saturated carbocycles. The molecule has 0 aliphatic heterocycles. The maximum atomic E-state index is 10.4. The SMILES string of the molecule is Cc1ccc(C)c(C(O)CN(C)C2CCCC2)c1. The summed E-state index contributed by atoms with van der Waals surface area (Å²) in [7, 11) is 2.14. The quantitative estimate of drug-likeness (QED) is 0.883. The van der Waals surface area contributed by atoms with Gasteiger partial charge in [-0.15, -0.1) is 0 Å². The van der Waals surface area contributed by atoms with E-state index in [-0.39, 0.29) is 6.10 Å². The molecule has 0 spiro atoms.